The number of rotatable bonds is 2. The van der Waals surface area contributed by atoms with E-state index >= 15 is 0 Å². The molecule has 1 aromatic rings. The van der Waals surface area contributed by atoms with Crippen molar-refractivity contribution in [1.82, 2.24) is 4.98 Å². The predicted molar refractivity (Wildman–Crippen MR) is 53.5 cm³/mol. The molecule has 0 saturated carbocycles. The van der Waals surface area contributed by atoms with Crippen LogP contribution in [0.2, 0.25) is 0 Å². The Morgan fingerprint density at radius 1 is 1.67 bits per heavy atom. The summed E-state index contributed by atoms with van der Waals surface area (Å²) < 4.78 is 0. The van der Waals surface area contributed by atoms with Crippen LogP contribution in [0.25, 0.3) is 0 Å². The fourth-order valence-corrected chi connectivity index (χ4v) is 1.42. The molecule has 62 valence electrons. The quantitative estimate of drug-likeness (QED) is 0.524. The molecule has 12 heavy (non-hydrogen) atoms. The molecule has 1 aromatic heterocycles. The number of alkyl halides is 2. The van der Waals surface area contributed by atoms with E-state index in [9.17, 15) is 0 Å². The summed E-state index contributed by atoms with van der Waals surface area (Å²) in [6.45, 7) is 1.86. The van der Waals surface area contributed by atoms with E-state index in [-0.39, 0.29) is 5.38 Å². The molecule has 0 fully saturated rings. The van der Waals surface area contributed by atoms with Gasteiger partial charge in [-0.2, -0.15) is 0 Å². The molecule has 0 aliphatic rings. The summed E-state index contributed by atoms with van der Waals surface area (Å²) in [6.07, 6.45) is 1.59. The van der Waals surface area contributed by atoms with Crippen LogP contribution in [-0.4, -0.2) is 12.8 Å². The lowest BCUT2D eigenvalue weighted by atomic mass is 9.96. The van der Waals surface area contributed by atoms with E-state index in [4.69, 9.17) is 31.0 Å². The second-order valence-electron chi connectivity index (χ2n) is 2.56. The van der Waals surface area contributed by atoms with Crippen molar-refractivity contribution in [3.63, 3.8) is 0 Å². The fraction of sp³-hybridized carbons (Fsp3) is 0.375. The van der Waals surface area contributed by atoms with Gasteiger partial charge < -0.3 is 0 Å². The van der Waals surface area contributed by atoms with Gasteiger partial charge in [-0.25, -0.2) is 0 Å². The minimum absolute atomic E-state index is 0.126. The van der Waals surface area contributed by atoms with E-state index in [1.165, 1.54) is 0 Å². The van der Waals surface area contributed by atoms with Crippen molar-refractivity contribution in [2.24, 2.45) is 0 Å². The molecule has 0 aliphatic heterocycles. The van der Waals surface area contributed by atoms with Crippen molar-refractivity contribution in [2.45, 2.75) is 18.2 Å². The van der Waals surface area contributed by atoms with Crippen LogP contribution < -0.4 is 5.46 Å². The molecule has 0 aromatic carbocycles. The van der Waals surface area contributed by atoms with Crippen molar-refractivity contribution in [2.75, 3.05) is 0 Å². The van der Waals surface area contributed by atoms with Crippen LogP contribution in [0, 0.1) is 0 Å². The average Bonchev–Trinajstić information content (AvgIpc) is 2.03. The van der Waals surface area contributed by atoms with Gasteiger partial charge in [-0.05, 0) is 12.5 Å². The number of nitrogens with zero attached hydrogens (tertiary/aromatic N) is 1. The Labute approximate surface area is 83.5 Å². The first-order valence-corrected chi connectivity index (χ1v) is 4.56. The van der Waals surface area contributed by atoms with Gasteiger partial charge in [0.1, 0.15) is 7.85 Å². The number of halogens is 2. The van der Waals surface area contributed by atoms with Crippen molar-refractivity contribution in [1.29, 1.82) is 0 Å². The van der Waals surface area contributed by atoms with Crippen LogP contribution in [-0.2, 0) is 5.88 Å². The van der Waals surface area contributed by atoms with Crippen LogP contribution in [0.4, 0.5) is 0 Å². The summed E-state index contributed by atoms with van der Waals surface area (Å²) in [4.78, 5) is 4.11. The van der Waals surface area contributed by atoms with Gasteiger partial charge in [-0.15, -0.1) is 23.2 Å². The normalized spacial score (nSPS) is 12.9. The molecule has 0 bridgehead atoms. The summed E-state index contributed by atoms with van der Waals surface area (Å²) in [5, 5.41) is -0.126. The topological polar surface area (TPSA) is 12.9 Å². The molecule has 0 saturated heterocycles. The zero-order valence-electron chi connectivity index (χ0n) is 6.72. The summed E-state index contributed by atoms with van der Waals surface area (Å²) in [5.74, 6) is 0.393. The van der Waals surface area contributed by atoms with Gasteiger partial charge in [-0.3, -0.25) is 4.98 Å². The zero-order valence-corrected chi connectivity index (χ0v) is 8.23. The van der Waals surface area contributed by atoms with Crippen molar-refractivity contribution in [3.05, 3.63) is 23.5 Å². The molecule has 4 heteroatoms. The van der Waals surface area contributed by atoms with E-state index < -0.39 is 0 Å². The SMILES string of the molecule is [B]c1cnc(C(C)Cl)c(CCl)c1. The third-order valence-electron chi connectivity index (χ3n) is 1.54. The molecular formula is C8H8BCl2N. The molecule has 0 amide bonds. The van der Waals surface area contributed by atoms with Crippen LogP contribution in [0.1, 0.15) is 23.6 Å². The van der Waals surface area contributed by atoms with Gasteiger partial charge in [0.05, 0.1) is 11.1 Å². The zero-order chi connectivity index (χ0) is 9.14. The number of hydrogen-bond donors (Lipinski definition) is 0. The van der Waals surface area contributed by atoms with E-state index in [2.05, 4.69) is 4.98 Å². The molecule has 1 heterocycles. The maximum atomic E-state index is 5.88. The molecule has 0 spiro atoms. The minimum Gasteiger partial charge on any atom is -0.260 e. The maximum absolute atomic E-state index is 5.88. The average molecular weight is 200 g/mol. The summed E-state index contributed by atoms with van der Waals surface area (Å²) >= 11 is 11.6. The highest BCUT2D eigenvalue weighted by Crippen LogP contribution is 2.21. The number of pyridine rings is 1. The number of aromatic nitrogens is 1. The van der Waals surface area contributed by atoms with Crippen LogP contribution in [0.15, 0.2) is 12.3 Å². The summed E-state index contributed by atoms with van der Waals surface area (Å²) in [6, 6.07) is 1.80. The van der Waals surface area contributed by atoms with Crippen LogP contribution >= 0.6 is 23.2 Å². The molecule has 1 nitrogen and oxygen atoms in total. The summed E-state index contributed by atoms with van der Waals surface area (Å²) in [5.41, 5.74) is 2.33. The lowest BCUT2D eigenvalue weighted by Crippen LogP contribution is -2.08. The van der Waals surface area contributed by atoms with Crippen LogP contribution in [0.3, 0.4) is 0 Å². The Bertz CT molecular complexity index is 276. The Morgan fingerprint density at radius 3 is 2.83 bits per heavy atom. The second kappa shape index (κ2) is 4.15. The van der Waals surface area contributed by atoms with Crippen molar-refractivity contribution >= 4 is 36.5 Å². The standard InChI is InChI=1S/C8H8BCl2N/c1-5(11)8-6(3-10)2-7(9)4-12-8/h2,4-5H,3H2,1H3. The molecule has 0 aliphatic carbocycles. The largest absolute Gasteiger partial charge is 0.260 e. The molecular weight excluding hydrogens is 192 g/mol. The molecule has 1 atom stereocenters. The first-order chi connectivity index (χ1) is 5.65. The van der Waals surface area contributed by atoms with Crippen LogP contribution in [0.5, 0.6) is 0 Å². The molecule has 2 radical (unpaired) electrons. The van der Waals surface area contributed by atoms with Gasteiger partial charge in [0.25, 0.3) is 0 Å². The van der Waals surface area contributed by atoms with Crippen molar-refractivity contribution in [3.8, 4) is 0 Å². The minimum atomic E-state index is -0.126. The Balaban J connectivity index is 3.11. The molecule has 0 N–H and O–H groups in total. The first-order valence-electron chi connectivity index (χ1n) is 3.59. The van der Waals surface area contributed by atoms with Gasteiger partial charge in [-0.1, -0.05) is 11.5 Å². The Kier molecular flexibility index (Phi) is 3.42. The first kappa shape index (κ1) is 9.88. The van der Waals surface area contributed by atoms with E-state index in [1.54, 1.807) is 12.3 Å². The van der Waals surface area contributed by atoms with E-state index in [0.717, 1.165) is 11.3 Å². The highest BCUT2D eigenvalue weighted by molar-refractivity contribution is 6.32. The summed E-state index contributed by atoms with van der Waals surface area (Å²) in [7, 11) is 5.54. The fourth-order valence-electron chi connectivity index (χ4n) is 1.00. The second-order valence-corrected chi connectivity index (χ2v) is 3.48. The van der Waals surface area contributed by atoms with Crippen molar-refractivity contribution < 1.29 is 0 Å². The molecule has 1 unspecified atom stereocenters. The smallest absolute Gasteiger partial charge is 0.115 e. The van der Waals surface area contributed by atoms with Gasteiger partial charge in [0.2, 0.25) is 0 Å². The third kappa shape index (κ3) is 2.14. The van der Waals surface area contributed by atoms with E-state index in [1.807, 2.05) is 6.92 Å². The van der Waals surface area contributed by atoms with E-state index in [0.29, 0.717) is 11.3 Å². The maximum Gasteiger partial charge on any atom is 0.115 e. The monoisotopic (exact) mass is 199 g/mol. The molecule has 1 rings (SSSR count). The number of hydrogen-bond acceptors (Lipinski definition) is 1. The van der Waals surface area contributed by atoms with Gasteiger partial charge >= 0.3 is 0 Å². The Morgan fingerprint density at radius 2 is 2.33 bits per heavy atom. The van der Waals surface area contributed by atoms with Gasteiger partial charge in [0.15, 0.2) is 0 Å². The highest BCUT2D eigenvalue weighted by atomic mass is 35.5. The Hall–Kier alpha value is -0.205. The lowest BCUT2D eigenvalue weighted by molar-refractivity contribution is 0.971. The van der Waals surface area contributed by atoms with Gasteiger partial charge in [0, 0.05) is 12.1 Å². The third-order valence-corrected chi connectivity index (χ3v) is 2.04. The highest BCUT2D eigenvalue weighted by Gasteiger charge is 2.08. The predicted octanol–water partition coefficient (Wildman–Crippen LogP) is 1.91. The lowest BCUT2D eigenvalue weighted by Gasteiger charge is -2.08.